The average molecular weight is 520 g/mol. The van der Waals surface area contributed by atoms with E-state index in [4.69, 9.17) is 0 Å². The van der Waals surface area contributed by atoms with E-state index in [1.807, 2.05) is 0 Å². The molecule has 4 saturated heterocycles. The average Bonchev–Trinajstić information content (AvgIpc) is 2.95. The van der Waals surface area contributed by atoms with Crippen LogP contribution in [0.2, 0.25) is 0 Å². The zero-order valence-electron chi connectivity index (χ0n) is 23.0. The lowest BCUT2D eigenvalue weighted by Gasteiger charge is -2.43. The van der Waals surface area contributed by atoms with Crippen molar-refractivity contribution in [3.05, 3.63) is 0 Å². The van der Waals surface area contributed by atoms with Gasteiger partial charge in [0.1, 0.15) is 6.29 Å². The second-order valence-electron chi connectivity index (χ2n) is 12.7. The van der Waals surface area contributed by atoms with Crippen LogP contribution in [-0.4, -0.2) is 92.4 Å². The molecule has 0 aromatic heterocycles. The fourth-order valence-corrected chi connectivity index (χ4v) is 7.60. The molecule has 1 saturated carbocycles. The summed E-state index contributed by atoms with van der Waals surface area (Å²) in [4.78, 5) is 15.8. The van der Waals surface area contributed by atoms with Gasteiger partial charge in [-0.2, -0.15) is 0 Å². The molecule has 5 fully saturated rings. The summed E-state index contributed by atoms with van der Waals surface area (Å²) in [5.41, 5.74) is 0. The number of piperidine rings is 3. The van der Waals surface area contributed by atoms with Crippen LogP contribution in [0, 0.1) is 23.7 Å². The molecule has 0 aromatic carbocycles. The molecule has 4 aliphatic heterocycles. The molecule has 9 nitrogen and oxygen atoms in total. The first-order chi connectivity index (χ1) is 18.1. The number of carbonyl (C=O) groups is 1. The summed E-state index contributed by atoms with van der Waals surface area (Å²) in [7, 11) is 0. The number of rotatable bonds is 7. The van der Waals surface area contributed by atoms with Crippen LogP contribution in [0.25, 0.3) is 0 Å². The van der Waals surface area contributed by atoms with Crippen LogP contribution >= 0.6 is 0 Å². The molecule has 37 heavy (non-hydrogen) atoms. The van der Waals surface area contributed by atoms with Gasteiger partial charge in [-0.05, 0) is 115 Å². The molecular formula is C28H53N7O2. The third-order valence-electron chi connectivity index (χ3n) is 10.0. The standard InChI is InChI=1S/C28H53N7O2/c1-19-6-7-23(15-25(19)34-28-31-12-9-24(33-28)22-5-2-10-29-16-22)32-27(37)21-8-11-30-26(14-21)35-13-3-4-20(17-35)18-36/h19-26,28-31,33-34,36H,2-18H2,1H3,(H,32,37). The van der Waals surface area contributed by atoms with E-state index in [0.717, 1.165) is 90.1 Å². The molecule has 1 amide bonds. The van der Waals surface area contributed by atoms with Crippen LogP contribution in [0.15, 0.2) is 0 Å². The Hall–Kier alpha value is -0.810. The van der Waals surface area contributed by atoms with E-state index < -0.39 is 0 Å². The summed E-state index contributed by atoms with van der Waals surface area (Å²) >= 11 is 0. The normalized spacial score (nSPS) is 42.3. The van der Waals surface area contributed by atoms with Crippen LogP contribution in [0.5, 0.6) is 0 Å². The van der Waals surface area contributed by atoms with Gasteiger partial charge in [0, 0.05) is 37.2 Å². The van der Waals surface area contributed by atoms with Gasteiger partial charge in [0.2, 0.25) is 5.91 Å². The largest absolute Gasteiger partial charge is 0.396 e. The first-order valence-corrected chi connectivity index (χ1v) is 15.4. The predicted molar refractivity (Wildman–Crippen MR) is 147 cm³/mol. The molecule has 0 radical (unpaired) electrons. The number of nitrogens with one attached hydrogen (secondary N) is 6. The van der Waals surface area contributed by atoms with Crippen LogP contribution in [0.4, 0.5) is 0 Å². The minimum absolute atomic E-state index is 0.0815. The van der Waals surface area contributed by atoms with E-state index in [1.54, 1.807) is 0 Å². The van der Waals surface area contributed by atoms with Crippen molar-refractivity contribution in [1.29, 1.82) is 0 Å². The Morgan fingerprint density at radius 1 is 1.00 bits per heavy atom. The maximum atomic E-state index is 13.4. The van der Waals surface area contributed by atoms with Crippen molar-refractivity contribution >= 4 is 5.91 Å². The number of nitrogens with zero attached hydrogens (tertiary/aromatic N) is 1. The van der Waals surface area contributed by atoms with Crippen LogP contribution in [0.1, 0.15) is 71.1 Å². The van der Waals surface area contributed by atoms with E-state index in [2.05, 4.69) is 43.7 Å². The molecular weight excluding hydrogens is 466 g/mol. The molecule has 212 valence electrons. The first-order valence-electron chi connectivity index (χ1n) is 15.4. The van der Waals surface area contributed by atoms with Gasteiger partial charge in [-0.3, -0.25) is 25.6 Å². The van der Waals surface area contributed by atoms with Gasteiger partial charge in [-0.25, -0.2) is 0 Å². The highest BCUT2D eigenvalue weighted by molar-refractivity contribution is 5.79. The van der Waals surface area contributed by atoms with Crippen molar-refractivity contribution in [3.63, 3.8) is 0 Å². The van der Waals surface area contributed by atoms with Crippen LogP contribution in [0.3, 0.4) is 0 Å². The molecule has 9 atom stereocenters. The van der Waals surface area contributed by atoms with Gasteiger partial charge >= 0.3 is 0 Å². The first kappa shape index (κ1) is 27.7. The number of likely N-dealkylation sites (tertiary alicyclic amines) is 1. The Bertz CT molecular complexity index is 721. The highest BCUT2D eigenvalue weighted by Gasteiger charge is 2.36. The zero-order chi connectivity index (χ0) is 25.6. The van der Waals surface area contributed by atoms with E-state index in [1.165, 1.54) is 19.3 Å². The summed E-state index contributed by atoms with van der Waals surface area (Å²) in [5, 5.41) is 31.7. The Morgan fingerprint density at radius 2 is 1.89 bits per heavy atom. The number of hydrogen-bond donors (Lipinski definition) is 7. The van der Waals surface area contributed by atoms with Gasteiger partial charge in [-0.15, -0.1) is 0 Å². The summed E-state index contributed by atoms with van der Waals surface area (Å²) in [6.07, 6.45) is 11.5. The monoisotopic (exact) mass is 519 g/mol. The fourth-order valence-electron chi connectivity index (χ4n) is 7.60. The fraction of sp³-hybridized carbons (Fsp3) is 0.964. The summed E-state index contributed by atoms with van der Waals surface area (Å²) in [6.45, 7) is 8.89. The highest BCUT2D eigenvalue weighted by Crippen LogP contribution is 2.28. The van der Waals surface area contributed by atoms with Crippen molar-refractivity contribution in [1.82, 2.24) is 36.8 Å². The van der Waals surface area contributed by atoms with E-state index >= 15 is 0 Å². The molecule has 0 spiro atoms. The Kier molecular flexibility index (Phi) is 10.1. The maximum Gasteiger partial charge on any atom is 0.223 e. The van der Waals surface area contributed by atoms with E-state index in [0.29, 0.717) is 23.9 Å². The second-order valence-corrected chi connectivity index (χ2v) is 12.7. The lowest BCUT2D eigenvalue weighted by Crippen LogP contribution is -2.66. The zero-order valence-corrected chi connectivity index (χ0v) is 23.0. The lowest BCUT2D eigenvalue weighted by atomic mass is 9.82. The van der Waals surface area contributed by atoms with Crippen molar-refractivity contribution < 1.29 is 9.90 Å². The summed E-state index contributed by atoms with van der Waals surface area (Å²) in [5.74, 6) is 2.04. The maximum absolute atomic E-state index is 13.4. The smallest absolute Gasteiger partial charge is 0.223 e. The Balaban J connectivity index is 1.09. The third-order valence-corrected chi connectivity index (χ3v) is 10.0. The number of amides is 1. The lowest BCUT2D eigenvalue weighted by molar-refractivity contribution is -0.128. The summed E-state index contributed by atoms with van der Waals surface area (Å²) < 4.78 is 0. The van der Waals surface area contributed by atoms with E-state index in [9.17, 15) is 9.90 Å². The Labute approximate surface area is 224 Å². The molecule has 5 aliphatic rings. The highest BCUT2D eigenvalue weighted by atomic mass is 16.3. The number of hydrogen-bond acceptors (Lipinski definition) is 8. The molecule has 0 aromatic rings. The number of aliphatic hydroxyl groups excluding tert-OH is 1. The molecule has 4 heterocycles. The van der Waals surface area contributed by atoms with Crippen LogP contribution in [-0.2, 0) is 4.79 Å². The van der Waals surface area contributed by atoms with Crippen LogP contribution < -0.4 is 31.9 Å². The van der Waals surface area contributed by atoms with Crippen molar-refractivity contribution in [2.75, 3.05) is 45.9 Å². The van der Waals surface area contributed by atoms with Gasteiger partial charge in [0.05, 0.1) is 6.17 Å². The van der Waals surface area contributed by atoms with Crippen molar-refractivity contribution in [2.24, 2.45) is 23.7 Å². The van der Waals surface area contributed by atoms with Gasteiger partial charge in [0.15, 0.2) is 0 Å². The predicted octanol–water partition coefficient (Wildman–Crippen LogP) is 0.514. The Morgan fingerprint density at radius 3 is 2.73 bits per heavy atom. The minimum Gasteiger partial charge on any atom is -0.396 e. The minimum atomic E-state index is 0.0815. The van der Waals surface area contributed by atoms with Crippen molar-refractivity contribution in [2.45, 2.75) is 102 Å². The number of aliphatic hydroxyl groups is 1. The van der Waals surface area contributed by atoms with Gasteiger partial charge < -0.3 is 21.1 Å². The van der Waals surface area contributed by atoms with Crippen molar-refractivity contribution in [3.8, 4) is 0 Å². The second kappa shape index (κ2) is 13.5. The molecule has 7 N–H and O–H groups in total. The van der Waals surface area contributed by atoms with E-state index in [-0.39, 0.29) is 36.9 Å². The quantitative estimate of drug-likeness (QED) is 0.261. The SMILES string of the molecule is CC1CCC(NC(=O)C2CCNC(N3CCCC(CO)C3)C2)CC1NC1NCCC(C2CCCNC2)N1. The topological polar surface area (TPSA) is 113 Å². The molecule has 5 rings (SSSR count). The van der Waals surface area contributed by atoms with Gasteiger partial charge in [0.25, 0.3) is 0 Å². The third kappa shape index (κ3) is 7.44. The molecule has 0 bridgehead atoms. The molecule has 9 heteroatoms. The number of carbonyl (C=O) groups excluding carboxylic acids is 1. The molecule has 9 unspecified atom stereocenters. The molecule has 1 aliphatic carbocycles. The summed E-state index contributed by atoms with van der Waals surface area (Å²) in [6, 6.07) is 1.23. The van der Waals surface area contributed by atoms with Gasteiger partial charge in [-0.1, -0.05) is 6.92 Å².